The van der Waals surface area contributed by atoms with Gasteiger partial charge >= 0.3 is 0 Å². The molecule has 0 fully saturated rings. The van der Waals surface area contributed by atoms with Crippen molar-refractivity contribution in [3.63, 3.8) is 0 Å². The molecule has 3 N–H and O–H groups in total. The molecule has 1 unspecified atom stereocenters. The predicted molar refractivity (Wildman–Crippen MR) is 204 cm³/mol. The van der Waals surface area contributed by atoms with Gasteiger partial charge < -0.3 is 24.5 Å². The number of aromatic amines is 2. The number of rotatable bonds is 10. The second kappa shape index (κ2) is 16.3. The molecule has 4 heterocycles. The molecule has 12 heteroatoms. The monoisotopic (exact) mass is 762 g/mol. The normalized spacial score (nSPS) is 11.6. The zero-order valence-electron chi connectivity index (χ0n) is 28.3. The van der Waals surface area contributed by atoms with Gasteiger partial charge in [-0.2, -0.15) is 0 Å². The van der Waals surface area contributed by atoms with Gasteiger partial charge in [-0.05, 0) is 59.7 Å². The van der Waals surface area contributed by atoms with Gasteiger partial charge in [-0.1, -0.05) is 83.9 Å². The van der Waals surface area contributed by atoms with Crippen molar-refractivity contribution < 1.29 is 28.2 Å². The Kier molecular flexibility index (Phi) is 11.0. The van der Waals surface area contributed by atoms with Crippen LogP contribution in [0.4, 0.5) is 8.78 Å². The summed E-state index contributed by atoms with van der Waals surface area (Å²) >= 11 is 12.7. The number of aliphatic hydroxyl groups is 1. The first kappa shape index (κ1) is 36.3. The molecule has 0 saturated heterocycles. The first-order valence-electron chi connectivity index (χ1n) is 16.7. The van der Waals surface area contributed by atoms with Crippen LogP contribution in [0.25, 0.3) is 22.1 Å². The number of nitrogens with one attached hydrogen (secondary N) is 2. The first-order valence-corrected chi connectivity index (χ1v) is 17.4. The highest BCUT2D eigenvalue weighted by molar-refractivity contribution is 6.37. The van der Waals surface area contributed by atoms with E-state index in [4.69, 9.17) is 32.7 Å². The fraction of sp³-hybridized carbons (Fsp3) is 0.0714. The number of carbonyl (C=O) groups excluding carboxylic acids is 1. The predicted octanol–water partition coefficient (Wildman–Crippen LogP) is 10.2. The van der Waals surface area contributed by atoms with Crippen LogP contribution in [0, 0.1) is 11.6 Å². The molecule has 0 aliphatic rings. The van der Waals surface area contributed by atoms with Crippen molar-refractivity contribution in [1.29, 1.82) is 0 Å². The van der Waals surface area contributed by atoms with Gasteiger partial charge in [-0.25, -0.2) is 18.7 Å². The second-order valence-electron chi connectivity index (χ2n) is 12.0. The molecular weight excluding hydrogens is 733 g/mol. The van der Waals surface area contributed by atoms with Gasteiger partial charge in [0.15, 0.2) is 5.78 Å². The lowest BCUT2D eigenvalue weighted by atomic mass is 10.0. The van der Waals surface area contributed by atoms with E-state index in [9.17, 15) is 18.7 Å². The average Bonchev–Trinajstić information content (AvgIpc) is 3.83. The van der Waals surface area contributed by atoms with Crippen LogP contribution in [0.15, 0.2) is 134 Å². The lowest BCUT2D eigenvalue weighted by molar-refractivity contribution is 0.103. The number of ether oxygens (including phenoxy) is 2. The quantitative estimate of drug-likeness (QED) is 0.120. The minimum absolute atomic E-state index is 0.0213. The fourth-order valence-electron chi connectivity index (χ4n) is 5.87. The summed E-state index contributed by atoms with van der Waals surface area (Å²) in [5, 5.41) is 12.1. The Hall–Kier alpha value is -6.07. The third kappa shape index (κ3) is 7.67. The minimum atomic E-state index is -1.25. The van der Waals surface area contributed by atoms with E-state index in [1.54, 1.807) is 42.9 Å². The van der Waals surface area contributed by atoms with Crippen molar-refractivity contribution in [2.24, 2.45) is 0 Å². The minimum Gasteiger partial charge on any atom is -0.487 e. The summed E-state index contributed by atoms with van der Waals surface area (Å²) in [5.41, 5.74) is 3.63. The number of hydrogen-bond donors (Lipinski definition) is 3. The molecule has 0 saturated carbocycles. The van der Waals surface area contributed by atoms with Crippen LogP contribution in [0.5, 0.6) is 11.5 Å². The van der Waals surface area contributed by atoms with Gasteiger partial charge in [0, 0.05) is 52.3 Å². The number of aliphatic hydroxyl groups excluding tert-OH is 1. The van der Waals surface area contributed by atoms with Crippen LogP contribution in [-0.2, 0) is 13.2 Å². The molecule has 0 aliphatic heterocycles. The van der Waals surface area contributed by atoms with Crippen molar-refractivity contribution in [1.82, 2.24) is 19.9 Å². The molecule has 8 nitrogen and oxygen atoms in total. The molecule has 8 aromatic rings. The van der Waals surface area contributed by atoms with Gasteiger partial charge in [0.25, 0.3) is 0 Å². The molecule has 0 aliphatic carbocycles. The molecule has 0 radical (unpaired) electrons. The van der Waals surface area contributed by atoms with Gasteiger partial charge in [0.2, 0.25) is 0 Å². The van der Waals surface area contributed by atoms with E-state index >= 15 is 0 Å². The molecule has 1 atom stereocenters. The summed E-state index contributed by atoms with van der Waals surface area (Å²) in [7, 11) is 0. The standard InChI is InChI=1S/C21H16ClFN2O2.C21H14ClFN2O2/c2*22-19-17(27-12-13-5-2-1-3-6-13)9-8-16(23)18(19)20(26)15-11-25-21-14(15)7-4-10-24-21/h1-11,20,26H,12H2,(H,24,25);1-11H,12H2,(H,24,25). The summed E-state index contributed by atoms with van der Waals surface area (Å²) in [6.45, 7) is 0.551. The lowest BCUT2D eigenvalue weighted by Crippen LogP contribution is -2.07. The Morgan fingerprint density at radius 2 is 1.20 bits per heavy atom. The van der Waals surface area contributed by atoms with Gasteiger partial charge in [-0.3, -0.25) is 4.79 Å². The number of halogens is 4. The maximum atomic E-state index is 14.5. The van der Waals surface area contributed by atoms with Crippen molar-refractivity contribution in [3.8, 4) is 11.5 Å². The molecular formula is C42H30Cl2F2N4O4. The number of pyridine rings is 2. The summed E-state index contributed by atoms with van der Waals surface area (Å²) in [6.07, 6.45) is 5.11. The zero-order chi connectivity index (χ0) is 37.6. The van der Waals surface area contributed by atoms with Gasteiger partial charge in [0.1, 0.15) is 53.7 Å². The Labute approximate surface area is 318 Å². The highest BCUT2D eigenvalue weighted by atomic mass is 35.5. The number of H-pyrrole nitrogens is 2. The summed E-state index contributed by atoms with van der Waals surface area (Å²) in [6, 6.07) is 31.4. The SMILES string of the molecule is O=C(c1c(F)ccc(OCc2ccccc2)c1Cl)c1c[nH]c2ncccc12.OC(c1c(F)ccc(OCc2ccccc2)c1Cl)c1c[nH]c2ncccc12. The Morgan fingerprint density at radius 1 is 0.667 bits per heavy atom. The van der Waals surface area contributed by atoms with Crippen molar-refractivity contribution in [2.75, 3.05) is 0 Å². The second-order valence-corrected chi connectivity index (χ2v) is 12.8. The molecule has 270 valence electrons. The van der Waals surface area contributed by atoms with Crippen LogP contribution in [0.3, 0.4) is 0 Å². The van der Waals surface area contributed by atoms with E-state index in [2.05, 4.69) is 19.9 Å². The third-order valence-corrected chi connectivity index (χ3v) is 9.36. The fourth-order valence-corrected chi connectivity index (χ4v) is 6.48. The van der Waals surface area contributed by atoms with Gasteiger partial charge in [-0.15, -0.1) is 0 Å². The zero-order valence-corrected chi connectivity index (χ0v) is 29.8. The number of fused-ring (bicyclic) bond motifs is 2. The van der Waals surface area contributed by atoms with E-state index < -0.39 is 23.5 Å². The number of benzene rings is 4. The molecule has 8 rings (SSSR count). The van der Waals surface area contributed by atoms with Crippen LogP contribution < -0.4 is 9.47 Å². The molecule has 4 aromatic heterocycles. The molecule has 0 amide bonds. The largest absolute Gasteiger partial charge is 0.487 e. The van der Waals surface area contributed by atoms with Crippen molar-refractivity contribution in [3.05, 3.63) is 189 Å². The molecule has 4 aromatic carbocycles. The van der Waals surface area contributed by atoms with E-state index in [1.165, 1.54) is 30.5 Å². The number of aromatic nitrogens is 4. The van der Waals surface area contributed by atoms with Gasteiger partial charge in [0.05, 0.1) is 15.6 Å². The maximum Gasteiger partial charge on any atom is 0.199 e. The Balaban J connectivity index is 0.000000167. The van der Waals surface area contributed by atoms with Crippen molar-refractivity contribution in [2.45, 2.75) is 19.3 Å². The highest BCUT2D eigenvalue weighted by Crippen LogP contribution is 2.39. The maximum absolute atomic E-state index is 14.5. The lowest BCUT2D eigenvalue weighted by Gasteiger charge is -2.16. The average molecular weight is 764 g/mol. The number of carbonyl (C=O) groups is 1. The molecule has 0 bridgehead atoms. The third-order valence-electron chi connectivity index (χ3n) is 8.60. The Morgan fingerprint density at radius 3 is 1.83 bits per heavy atom. The highest BCUT2D eigenvalue weighted by Gasteiger charge is 2.25. The summed E-state index contributed by atoms with van der Waals surface area (Å²) in [5.74, 6) is -1.26. The van der Waals surface area contributed by atoms with E-state index in [-0.39, 0.29) is 33.5 Å². The van der Waals surface area contributed by atoms with Crippen LogP contribution >= 0.6 is 23.2 Å². The van der Waals surface area contributed by atoms with Crippen LogP contribution in [0.2, 0.25) is 10.0 Å². The van der Waals surface area contributed by atoms with E-state index in [0.717, 1.165) is 11.1 Å². The van der Waals surface area contributed by atoms with Crippen LogP contribution in [-0.4, -0.2) is 30.8 Å². The first-order chi connectivity index (χ1) is 26.3. The number of ketones is 1. The summed E-state index contributed by atoms with van der Waals surface area (Å²) in [4.78, 5) is 27.2. The number of hydrogen-bond acceptors (Lipinski definition) is 6. The van der Waals surface area contributed by atoms with E-state index in [0.29, 0.717) is 45.6 Å². The van der Waals surface area contributed by atoms with Crippen molar-refractivity contribution >= 4 is 51.1 Å². The number of nitrogens with zero attached hydrogens (tertiary/aromatic N) is 2. The smallest absolute Gasteiger partial charge is 0.199 e. The molecule has 0 spiro atoms. The molecule has 54 heavy (non-hydrogen) atoms. The Bertz CT molecular complexity index is 2560. The van der Waals surface area contributed by atoms with Crippen LogP contribution in [0.1, 0.15) is 44.3 Å². The topological polar surface area (TPSA) is 113 Å². The van der Waals surface area contributed by atoms with E-state index in [1.807, 2.05) is 60.7 Å². The summed E-state index contributed by atoms with van der Waals surface area (Å²) < 4.78 is 40.4.